The third-order valence-electron chi connectivity index (χ3n) is 3.28. The molecule has 1 aromatic rings. The highest BCUT2D eigenvalue weighted by atomic mass is 16.4. The van der Waals surface area contributed by atoms with Crippen molar-refractivity contribution >= 4 is 5.97 Å². The minimum absolute atomic E-state index is 0.391. The summed E-state index contributed by atoms with van der Waals surface area (Å²) in [5.74, 6) is -1.33. The van der Waals surface area contributed by atoms with Gasteiger partial charge in [0, 0.05) is 18.8 Å². The fraction of sp³-hybridized carbons (Fsp3) is 0.615. The fourth-order valence-electron chi connectivity index (χ4n) is 1.73. The van der Waals surface area contributed by atoms with Crippen molar-refractivity contribution in [1.82, 2.24) is 14.5 Å². The first kappa shape index (κ1) is 16.2. The molecular weight excluding hydrogens is 262 g/mol. The van der Waals surface area contributed by atoms with E-state index in [1.807, 2.05) is 12.0 Å². The lowest BCUT2D eigenvalue weighted by atomic mass is 10.2. The van der Waals surface area contributed by atoms with Crippen molar-refractivity contribution in [1.29, 1.82) is 0 Å². The van der Waals surface area contributed by atoms with Crippen molar-refractivity contribution in [2.75, 3.05) is 13.6 Å². The average Bonchev–Trinajstić information content (AvgIpc) is 2.35. The number of H-pyrrole nitrogens is 1. The molecule has 0 atom stereocenters. The third kappa shape index (κ3) is 4.34. The van der Waals surface area contributed by atoms with E-state index in [0.717, 1.165) is 25.6 Å². The molecule has 0 aliphatic rings. The Morgan fingerprint density at radius 1 is 1.40 bits per heavy atom. The molecule has 112 valence electrons. The first-order valence-electron chi connectivity index (χ1n) is 6.60. The Hall–Kier alpha value is -1.89. The van der Waals surface area contributed by atoms with Crippen molar-refractivity contribution in [3.63, 3.8) is 0 Å². The second-order valence-corrected chi connectivity index (χ2v) is 5.08. The molecule has 1 rings (SSSR count). The summed E-state index contributed by atoms with van der Waals surface area (Å²) >= 11 is 0. The maximum absolute atomic E-state index is 11.6. The summed E-state index contributed by atoms with van der Waals surface area (Å²) in [6.45, 7) is 5.50. The van der Waals surface area contributed by atoms with Gasteiger partial charge >= 0.3 is 11.7 Å². The van der Waals surface area contributed by atoms with Crippen LogP contribution < -0.4 is 11.2 Å². The molecule has 0 spiro atoms. The van der Waals surface area contributed by atoms with Crippen LogP contribution in [0.25, 0.3) is 0 Å². The largest absolute Gasteiger partial charge is 0.477 e. The van der Waals surface area contributed by atoms with Gasteiger partial charge in [0.05, 0.1) is 0 Å². The van der Waals surface area contributed by atoms with Gasteiger partial charge in [0.1, 0.15) is 5.56 Å². The molecule has 0 unspecified atom stereocenters. The van der Waals surface area contributed by atoms with E-state index in [0.29, 0.717) is 12.6 Å². The van der Waals surface area contributed by atoms with Crippen LogP contribution in [0.15, 0.2) is 15.8 Å². The molecule has 0 aliphatic carbocycles. The molecule has 7 heteroatoms. The number of hydrogen-bond donors (Lipinski definition) is 2. The Kier molecular flexibility index (Phi) is 5.69. The predicted octanol–water partition coefficient (Wildman–Crippen LogP) is 0.355. The van der Waals surface area contributed by atoms with Gasteiger partial charge in [0.25, 0.3) is 5.56 Å². The van der Waals surface area contributed by atoms with Crippen molar-refractivity contribution in [2.24, 2.45) is 0 Å². The summed E-state index contributed by atoms with van der Waals surface area (Å²) in [5.41, 5.74) is -1.85. The molecule has 1 heterocycles. The number of nitrogens with zero attached hydrogens (tertiary/aromatic N) is 2. The number of carboxylic acids is 1. The summed E-state index contributed by atoms with van der Waals surface area (Å²) in [7, 11) is 2.03. The first-order chi connectivity index (χ1) is 9.32. The Balaban J connectivity index is 2.65. The molecule has 7 nitrogen and oxygen atoms in total. The summed E-state index contributed by atoms with van der Waals surface area (Å²) in [5, 5.41) is 8.84. The van der Waals surface area contributed by atoms with E-state index in [4.69, 9.17) is 5.11 Å². The van der Waals surface area contributed by atoms with Gasteiger partial charge in [-0.25, -0.2) is 9.59 Å². The average molecular weight is 283 g/mol. The van der Waals surface area contributed by atoms with E-state index in [1.54, 1.807) is 0 Å². The number of aromatic nitrogens is 2. The van der Waals surface area contributed by atoms with E-state index in [9.17, 15) is 14.4 Å². The van der Waals surface area contributed by atoms with Gasteiger partial charge in [-0.3, -0.25) is 14.3 Å². The molecule has 0 saturated heterocycles. The second kappa shape index (κ2) is 7.04. The van der Waals surface area contributed by atoms with Gasteiger partial charge in [0.15, 0.2) is 0 Å². The zero-order valence-electron chi connectivity index (χ0n) is 12.0. The molecule has 0 radical (unpaired) electrons. The lowest BCUT2D eigenvalue weighted by Crippen LogP contribution is -2.33. The van der Waals surface area contributed by atoms with Crippen LogP contribution in [0, 0.1) is 0 Å². The van der Waals surface area contributed by atoms with Gasteiger partial charge in [-0.2, -0.15) is 0 Å². The van der Waals surface area contributed by atoms with E-state index in [-0.39, 0.29) is 0 Å². The number of carbonyl (C=O) groups is 1. The maximum Gasteiger partial charge on any atom is 0.342 e. The standard InChI is InChI=1S/C13H21N3O4/c1-9(2)15(3)6-4-5-7-16-8-10(12(18)19)11(17)14-13(16)20/h8-9H,4-7H2,1-3H3,(H,18,19)(H,14,17,20). The van der Waals surface area contributed by atoms with Gasteiger partial charge in [-0.1, -0.05) is 0 Å². The normalized spacial score (nSPS) is 11.2. The molecule has 0 fully saturated rings. The zero-order chi connectivity index (χ0) is 15.3. The topological polar surface area (TPSA) is 95.4 Å². The maximum atomic E-state index is 11.6. The number of hydrogen-bond acceptors (Lipinski definition) is 4. The van der Waals surface area contributed by atoms with Gasteiger partial charge in [-0.15, -0.1) is 0 Å². The lowest BCUT2D eigenvalue weighted by Gasteiger charge is -2.20. The lowest BCUT2D eigenvalue weighted by molar-refractivity contribution is 0.0693. The summed E-state index contributed by atoms with van der Waals surface area (Å²) in [4.78, 5) is 37.9. The van der Waals surface area contributed by atoms with Crippen molar-refractivity contribution in [2.45, 2.75) is 39.3 Å². The molecule has 0 amide bonds. The Morgan fingerprint density at radius 2 is 2.05 bits per heavy atom. The molecule has 1 aromatic heterocycles. The number of aromatic amines is 1. The molecule has 0 bridgehead atoms. The third-order valence-corrected chi connectivity index (χ3v) is 3.28. The van der Waals surface area contributed by atoms with E-state index < -0.39 is 22.8 Å². The van der Waals surface area contributed by atoms with Crippen LogP contribution in [0.5, 0.6) is 0 Å². The van der Waals surface area contributed by atoms with Crippen LogP contribution in [0.4, 0.5) is 0 Å². The molecule has 0 saturated carbocycles. The predicted molar refractivity (Wildman–Crippen MR) is 75.3 cm³/mol. The van der Waals surface area contributed by atoms with Gasteiger partial charge in [0.2, 0.25) is 0 Å². The highest BCUT2D eigenvalue weighted by molar-refractivity contribution is 5.86. The van der Waals surface area contributed by atoms with Crippen molar-refractivity contribution in [3.8, 4) is 0 Å². The van der Waals surface area contributed by atoms with Crippen molar-refractivity contribution < 1.29 is 9.90 Å². The number of carboxylic acid groups (broad SMARTS) is 1. The molecule has 2 N–H and O–H groups in total. The summed E-state index contributed by atoms with van der Waals surface area (Å²) in [6.07, 6.45) is 2.74. The van der Waals surface area contributed by atoms with Gasteiger partial charge < -0.3 is 10.0 Å². The smallest absolute Gasteiger partial charge is 0.342 e. The van der Waals surface area contributed by atoms with Crippen LogP contribution in [-0.2, 0) is 6.54 Å². The van der Waals surface area contributed by atoms with E-state index in [1.165, 1.54) is 4.57 Å². The number of rotatable bonds is 7. The number of nitrogens with one attached hydrogen (secondary N) is 1. The summed E-state index contributed by atoms with van der Waals surface area (Å²) < 4.78 is 1.24. The second-order valence-electron chi connectivity index (χ2n) is 5.08. The highest BCUT2D eigenvalue weighted by Gasteiger charge is 2.11. The minimum atomic E-state index is -1.33. The zero-order valence-corrected chi connectivity index (χ0v) is 12.0. The number of aromatic carboxylic acids is 1. The van der Waals surface area contributed by atoms with E-state index in [2.05, 4.69) is 18.7 Å². The van der Waals surface area contributed by atoms with Crippen LogP contribution in [0.2, 0.25) is 0 Å². The highest BCUT2D eigenvalue weighted by Crippen LogP contribution is 1.99. The number of unbranched alkanes of at least 4 members (excludes halogenated alkanes) is 1. The van der Waals surface area contributed by atoms with Crippen LogP contribution in [-0.4, -0.2) is 45.2 Å². The Bertz CT molecular complexity index is 574. The Morgan fingerprint density at radius 3 is 2.60 bits per heavy atom. The SMILES string of the molecule is CC(C)N(C)CCCCn1cc(C(=O)O)c(=O)[nH]c1=O. The fourth-order valence-corrected chi connectivity index (χ4v) is 1.73. The molecule has 20 heavy (non-hydrogen) atoms. The van der Waals surface area contributed by atoms with E-state index >= 15 is 0 Å². The molecule has 0 aromatic carbocycles. The molecular formula is C13H21N3O4. The minimum Gasteiger partial charge on any atom is -0.477 e. The van der Waals surface area contributed by atoms with Crippen LogP contribution in [0.1, 0.15) is 37.0 Å². The van der Waals surface area contributed by atoms with Crippen LogP contribution in [0.3, 0.4) is 0 Å². The first-order valence-corrected chi connectivity index (χ1v) is 6.60. The summed E-state index contributed by atoms with van der Waals surface area (Å²) in [6, 6.07) is 0.462. The number of aryl methyl sites for hydroxylation is 1. The Labute approximate surface area is 116 Å². The van der Waals surface area contributed by atoms with Crippen molar-refractivity contribution in [3.05, 3.63) is 32.6 Å². The monoisotopic (exact) mass is 283 g/mol. The quantitative estimate of drug-likeness (QED) is 0.704. The van der Waals surface area contributed by atoms with Crippen LogP contribution >= 0.6 is 0 Å². The van der Waals surface area contributed by atoms with Gasteiger partial charge in [-0.05, 0) is 40.3 Å². The molecule has 0 aliphatic heterocycles.